The standard InChI is InChI=1S/C24H17ClN4O3S/c25-18-11-15(5-7-19(18)32-12-16-3-1-2-8-26-16)29-23-22-17-6-4-14(10-21(30)31)9-20(17)33-24(22)28-13-27-23/h1-9,11,13H,10,12H2,(H,30,31)(H,27,28,29). The summed E-state index contributed by atoms with van der Waals surface area (Å²) in [5.41, 5.74) is 2.32. The van der Waals surface area contributed by atoms with Gasteiger partial charge in [0.25, 0.3) is 0 Å². The third-order valence-electron chi connectivity index (χ3n) is 4.99. The van der Waals surface area contributed by atoms with E-state index in [2.05, 4.69) is 20.3 Å². The van der Waals surface area contributed by atoms with Crippen LogP contribution in [0.4, 0.5) is 11.5 Å². The lowest BCUT2D eigenvalue weighted by Gasteiger charge is -2.11. The summed E-state index contributed by atoms with van der Waals surface area (Å²) in [6, 6.07) is 16.7. The number of nitrogens with one attached hydrogen (secondary N) is 1. The van der Waals surface area contributed by atoms with E-state index in [9.17, 15) is 4.79 Å². The summed E-state index contributed by atoms with van der Waals surface area (Å²) in [7, 11) is 0. The number of pyridine rings is 1. The number of fused-ring (bicyclic) bond motifs is 3. The molecule has 0 radical (unpaired) electrons. The zero-order valence-corrected chi connectivity index (χ0v) is 18.7. The molecule has 0 saturated heterocycles. The van der Waals surface area contributed by atoms with Gasteiger partial charge in [-0.2, -0.15) is 0 Å². The minimum absolute atomic E-state index is 0.0196. The van der Waals surface area contributed by atoms with E-state index in [1.807, 2.05) is 42.5 Å². The number of halogens is 1. The van der Waals surface area contributed by atoms with Crippen LogP contribution in [-0.2, 0) is 17.8 Å². The minimum atomic E-state index is -0.859. The van der Waals surface area contributed by atoms with Crippen molar-refractivity contribution >= 4 is 60.7 Å². The zero-order valence-electron chi connectivity index (χ0n) is 17.2. The molecule has 0 atom stereocenters. The molecule has 0 bridgehead atoms. The smallest absolute Gasteiger partial charge is 0.307 e. The molecule has 3 heterocycles. The van der Waals surface area contributed by atoms with E-state index in [4.69, 9.17) is 21.4 Å². The lowest BCUT2D eigenvalue weighted by molar-refractivity contribution is -0.136. The van der Waals surface area contributed by atoms with Crippen molar-refractivity contribution in [1.82, 2.24) is 15.0 Å². The molecule has 2 aromatic carbocycles. The van der Waals surface area contributed by atoms with Gasteiger partial charge in [0.1, 0.15) is 29.3 Å². The summed E-state index contributed by atoms with van der Waals surface area (Å²) in [6.07, 6.45) is 3.20. The summed E-state index contributed by atoms with van der Waals surface area (Å²) < 4.78 is 6.76. The van der Waals surface area contributed by atoms with Crippen molar-refractivity contribution in [2.75, 3.05) is 5.32 Å². The van der Waals surface area contributed by atoms with Crippen LogP contribution >= 0.6 is 22.9 Å². The van der Waals surface area contributed by atoms with E-state index in [0.717, 1.165) is 37.2 Å². The van der Waals surface area contributed by atoms with Crippen molar-refractivity contribution in [3.8, 4) is 5.75 Å². The monoisotopic (exact) mass is 476 g/mol. The van der Waals surface area contributed by atoms with Crippen LogP contribution in [0.2, 0.25) is 5.02 Å². The predicted molar refractivity (Wildman–Crippen MR) is 130 cm³/mol. The van der Waals surface area contributed by atoms with Crippen molar-refractivity contribution in [1.29, 1.82) is 0 Å². The Hall–Kier alpha value is -3.75. The van der Waals surface area contributed by atoms with Gasteiger partial charge in [-0.1, -0.05) is 29.8 Å². The van der Waals surface area contributed by atoms with Gasteiger partial charge in [0.15, 0.2) is 0 Å². The lowest BCUT2D eigenvalue weighted by atomic mass is 10.1. The Morgan fingerprint density at radius 2 is 2.00 bits per heavy atom. The number of carboxylic acids is 1. The molecule has 9 heteroatoms. The number of benzene rings is 2. The summed E-state index contributed by atoms with van der Waals surface area (Å²) in [5.74, 6) is 0.352. The Labute approximate surface area is 197 Å². The summed E-state index contributed by atoms with van der Waals surface area (Å²) in [5, 5.41) is 14.7. The van der Waals surface area contributed by atoms with Gasteiger partial charge in [-0.25, -0.2) is 9.97 Å². The maximum Gasteiger partial charge on any atom is 0.307 e. The third-order valence-corrected chi connectivity index (χ3v) is 6.34. The molecule has 0 aliphatic rings. The van der Waals surface area contributed by atoms with Crippen LogP contribution in [0.1, 0.15) is 11.3 Å². The molecule has 0 aliphatic carbocycles. The van der Waals surface area contributed by atoms with E-state index in [-0.39, 0.29) is 6.42 Å². The number of rotatable bonds is 7. The number of aromatic nitrogens is 3. The van der Waals surface area contributed by atoms with E-state index in [1.165, 1.54) is 17.7 Å². The first-order valence-corrected chi connectivity index (χ1v) is 11.2. The Bertz CT molecular complexity index is 1470. The number of aliphatic carboxylic acids is 1. The molecule has 0 fully saturated rings. The molecule has 164 valence electrons. The molecule has 33 heavy (non-hydrogen) atoms. The fraction of sp³-hybridized carbons (Fsp3) is 0.0833. The number of nitrogens with zero attached hydrogens (tertiary/aromatic N) is 3. The Balaban J connectivity index is 1.41. The minimum Gasteiger partial charge on any atom is -0.486 e. The topological polar surface area (TPSA) is 97.2 Å². The van der Waals surface area contributed by atoms with Crippen LogP contribution in [0.25, 0.3) is 20.3 Å². The van der Waals surface area contributed by atoms with Gasteiger partial charge in [0.05, 0.1) is 22.5 Å². The molecular formula is C24H17ClN4O3S. The van der Waals surface area contributed by atoms with Gasteiger partial charge >= 0.3 is 5.97 Å². The highest BCUT2D eigenvalue weighted by atomic mass is 35.5. The van der Waals surface area contributed by atoms with Crippen molar-refractivity contribution < 1.29 is 14.6 Å². The molecule has 3 aromatic heterocycles. The van der Waals surface area contributed by atoms with Gasteiger partial charge in [0, 0.05) is 22.0 Å². The summed E-state index contributed by atoms with van der Waals surface area (Å²) in [4.78, 5) is 24.9. The fourth-order valence-corrected chi connectivity index (χ4v) is 4.84. The second-order valence-electron chi connectivity index (χ2n) is 7.29. The maximum absolute atomic E-state index is 11.0. The normalized spacial score (nSPS) is 11.1. The maximum atomic E-state index is 11.0. The van der Waals surface area contributed by atoms with E-state index in [0.29, 0.717) is 23.2 Å². The second-order valence-corrected chi connectivity index (χ2v) is 8.72. The molecule has 0 spiro atoms. The van der Waals surface area contributed by atoms with Crippen molar-refractivity contribution in [2.24, 2.45) is 0 Å². The number of carboxylic acid groups (broad SMARTS) is 1. The molecule has 0 aliphatic heterocycles. The Morgan fingerprint density at radius 3 is 2.79 bits per heavy atom. The van der Waals surface area contributed by atoms with Gasteiger partial charge in [-0.05, 0) is 42.0 Å². The number of anilines is 2. The number of hydrogen-bond donors (Lipinski definition) is 2. The van der Waals surface area contributed by atoms with Gasteiger partial charge in [0.2, 0.25) is 0 Å². The highest BCUT2D eigenvalue weighted by Crippen LogP contribution is 2.38. The Morgan fingerprint density at radius 1 is 1.09 bits per heavy atom. The third kappa shape index (κ3) is 4.57. The van der Waals surface area contributed by atoms with E-state index < -0.39 is 5.97 Å². The first kappa shape index (κ1) is 21.1. The average molecular weight is 477 g/mol. The van der Waals surface area contributed by atoms with Crippen LogP contribution in [0, 0.1) is 0 Å². The predicted octanol–water partition coefficient (Wildman–Crippen LogP) is 5.84. The fourth-order valence-electron chi connectivity index (χ4n) is 3.50. The quantitative estimate of drug-likeness (QED) is 0.304. The molecule has 0 amide bonds. The van der Waals surface area contributed by atoms with Crippen LogP contribution in [0.3, 0.4) is 0 Å². The van der Waals surface area contributed by atoms with Crippen molar-refractivity contribution in [3.05, 3.63) is 83.4 Å². The van der Waals surface area contributed by atoms with Gasteiger partial charge in [-0.15, -0.1) is 11.3 Å². The SMILES string of the molecule is O=C(O)Cc1ccc2c(c1)sc1ncnc(Nc3ccc(OCc4ccccn4)c(Cl)c3)c12. The zero-order chi connectivity index (χ0) is 22.8. The summed E-state index contributed by atoms with van der Waals surface area (Å²) >= 11 is 7.95. The molecule has 2 N–H and O–H groups in total. The molecular weight excluding hydrogens is 460 g/mol. The largest absolute Gasteiger partial charge is 0.486 e. The molecule has 0 saturated carbocycles. The molecule has 5 rings (SSSR count). The molecule has 0 unspecified atom stereocenters. The lowest BCUT2D eigenvalue weighted by Crippen LogP contribution is -1.99. The van der Waals surface area contributed by atoms with Crippen LogP contribution < -0.4 is 10.1 Å². The van der Waals surface area contributed by atoms with E-state index >= 15 is 0 Å². The number of carbonyl (C=O) groups is 1. The summed E-state index contributed by atoms with van der Waals surface area (Å²) in [6.45, 7) is 0.324. The van der Waals surface area contributed by atoms with E-state index in [1.54, 1.807) is 18.3 Å². The average Bonchev–Trinajstić information content (AvgIpc) is 3.17. The highest BCUT2D eigenvalue weighted by molar-refractivity contribution is 7.25. The van der Waals surface area contributed by atoms with Crippen molar-refractivity contribution in [2.45, 2.75) is 13.0 Å². The number of ether oxygens (including phenoxy) is 1. The van der Waals surface area contributed by atoms with Crippen LogP contribution in [0.5, 0.6) is 5.75 Å². The van der Waals surface area contributed by atoms with Crippen LogP contribution in [0.15, 0.2) is 67.1 Å². The first-order valence-electron chi connectivity index (χ1n) is 10.0. The number of thiophene rings is 1. The first-order chi connectivity index (χ1) is 16.1. The van der Waals surface area contributed by atoms with Crippen molar-refractivity contribution in [3.63, 3.8) is 0 Å². The van der Waals surface area contributed by atoms with Gasteiger partial charge < -0.3 is 15.2 Å². The highest BCUT2D eigenvalue weighted by Gasteiger charge is 2.14. The number of hydrogen-bond acceptors (Lipinski definition) is 7. The van der Waals surface area contributed by atoms with Crippen LogP contribution in [-0.4, -0.2) is 26.0 Å². The molecule has 5 aromatic rings. The second kappa shape index (κ2) is 9.01. The van der Waals surface area contributed by atoms with Gasteiger partial charge in [-0.3, -0.25) is 9.78 Å². The Kier molecular flexibility index (Phi) is 5.77. The molecule has 7 nitrogen and oxygen atoms in total.